The van der Waals surface area contributed by atoms with Gasteiger partial charge in [-0.1, -0.05) is 0 Å². The van der Waals surface area contributed by atoms with Gasteiger partial charge in [-0.25, -0.2) is 17.2 Å². The average Bonchev–Trinajstić information content (AvgIpc) is 3.14. The van der Waals surface area contributed by atoms with Crippen molar-refractivity contribution in [2.75, 3.05) is 49.5 Å². The van der Waals surface area contributed by atoms with Gasteiger partial charge in [0.1, 0.15) is 16.5 Å². The largest absolute Gasteiger partial charge is 0.491 e. The maximum absolute atomic E-state index is 14.6. The lowest BCUT2D eigenvalue weighted by Crippen LogP contribution is -2.44. The Bertz CT molecular complexity index is 1080. The lowest BCUT2D eigenvalue weighted by molar-refractivity contribution is 0.309. The van der Waals surface area contributed by atoms with E-state index in [1.165, 1.54) is 0 Å². The van der Waals surface area contributed by atoms with Crippen LogP contribution in [0.2, 0.25) is 0 Å². The number of hydrogen-bond acceptors (Lipinski definition) is 5. The van der Waals surface area contributed by atoms with Crippen LogP contribution in [-0.2, 0) is 16.4 Å². The number of nitrogens with zero attached hydrogens (tertiary/aromatic N) is 2. The van der Waals surface area contributed by atoms with Crippen LogP contribution in [0.3, 0.4) is 0 Å². The van der Waals surface area contributed by atoms with Gasteiger partial charge in [-0.05, 0) is 57.1 Å². The smallest absolute Gasteiger partial charge is 0.266 e. The van der Waals surface area contributed by atoms with E-state index in [-0.39, 0.29) is 10.2 Å². The number of rotatable bonds is 4. The Hall–Kier alpha value is -1.43. The number of halogens is 4. The van der Waals surface area contributed by atoms with Crippen LogP contribution in [0.4, 0.5) is 20.2 Å². The highest BCUT2D eigenvalue weighted by Gasteiger charge is 2.29. The molecule has 162 valence electrons. The molecule has 0 aliphatic carbocycles. The molecule has 0 atom stereocenters. The first-order chi connectivity index (χ1) is 14.2. The van der Waals surface area contributed by atoms with E-state index < -0.39 is 31.0 Å². The Morgan fingerprint density at radius 2 is 1.80 bits per heavy atom. The molecule has 0 saturated carbocycles. The molecule has 2 aromatic rings. The quantitative estimate of drug-likeness (QED) is 0.567. The minimum Gasteiger partial charge on any atom is -0.491 e. The summed E-state index contributed by atoms with van der Waals surface area (Å²) in [6, 6.07) is 4.24. The number of benzene rings is 2. The lowest BCUT2D eigenvalue weighted by Gasteiger charge is -2.35. The number of fused-ring (bicyclic) bond motifs is 1. The molecule has 6 nitrogen and oxygen atoms in total. The zero-order valence-electron chi connectivity index (χ0n) is 16.0. The van der Waals surface area contributed by atoms with E-state index in [0.29, 0.717) is 13.0 Å². The highest BCUT2D eigenvalue weighted by Crippen LogP contribution is 2.41. The van der Waals surface area contributed by atoms with Gasteiger partial charge in [0.2, 0.25) is 0 Å². The van der Waals surface area contributed by atoms with Crippen molar-refractivity contribution in [3.05, 3.63) is 44.3 Å². The Morgan fingerprint density at radius 3 is 2.50 bits per heavy atom. The third kappa shape index (κ3) is 4.04. The highest BCUT2D eigenvalue weighted by molar-refractivity contribution is 9.11. The molecule has 2 aliphatic rings. The third-order valence-electron chi connectivity index (χ3n) is 5.20. The number of sulfonamides is 1. The van der Waals surface area contributed by atoms with Crippen LogP contribution >= 0.6 is 31.9 Å². The van der Waals surface area contributed by atoms with Gasteiger partial charge in [-0.15, -0.1) is 0 Å². The van der Waals surface area contributed by atoms with Gasteiger partial charge in [-0.2, -0.15) is 0 Å². The van der Waals surface area contributed by atoms with Crippen molar-refractivity contribution in [1.29, 1.82) is 0 Å². The molecule has 11 heteroatoms. The summed E-state index contributed by atoms with van der Waals surface area (Å²) in [7, 11) is -2.35. The van der Waals surface area contributed by atoms with E-state index in [1.807, 2.05) is 7.05 Å². The van der Waals surface area contributed by atoms with Crippen LogP contribution in [-0.4, -0.2) is 53.2 Å². The summed E-state index contributed by atoms with van der Waals surface area (Å²) in [5.41, 5.74) is 1.96. The molecule has 0 aromatic heterocycles. The summed E-state index contributed by atoms with van der Waals surface area (Å²) < 4.78 is 62.0. The number of anilines is 2. The van der Waals surface area contributed by atoms with Gasteiger partial charge >= 0.3 is 0 Å². The summed E-state index contributed by atoms with van der Waals surface area (Å²) in [4.78, 5) is 3.58. The Balaban J connectivity index is 1.73. The lowest BCUT2D eigenvalue weighted by atomic mass is 10.1. The van der Waals surface area contributed by atoms with Crippen molar-refractivity contribution in [3.63, 3.8) is 0 Å². The highest BCUT2D eigenvalue weighted by atomic mass is 79.9. The Morgan fingerprint density at radius 1 is 1.10 bits per heavy atom. The molecule has 1 N–H and O–H groups in total. The Kier molecular flexibility index (Phi) is 5.99. The van der Waals surface area contributed by atoms with Crippen LogP contribution < -0.4 is 14.4 Å². The second-order valence-corrected chi connectivity index (χ2v) is 10.5. The molecule has 0 unspecified atom stereocenters. The van der Waals surface area contributed by atoms with Crippen molar-refractivity contribution in [3.8, 4) is 5.75 Å². The summed E-state index contributed by atoms with van der Waals surface area (Å²) in [6.07, 6.45) is 0.648. The fourth-order valence-corrected chi connectivity index (χ4v) is 6.29. The van der Waals surface area contributed by atoms with Crippen molar-refractivity contribution in [1.82, 2.24) is 4.90 Å². The normalized spacial score (nSPS) is 17.0. The van der Waals surface area contributed by atoms with Crippen LogP contribution in [0, 0.1) is 11.6 Å². The predicted molar refractivity (Wildman–Crippen MR) is 118 cm³/mol. The minimum absolute atomic E-state index is 0.274. The second-order valence-electron chi connectivity index (χ2n) is 7.28. The first kappa shape index (κ1) is 21.8. The first-order valence-electron chi connectivity index (χ1n) is 9.26. The monoisotopic (exact) mass is 565 g/mol. The fourth-order valence-electron chi connectivity index (χ4n) is 3.62. The molecule has 2 aromatic carbocycles. The van der Waals surface area contributed by atoms with Gasteiger partial charge < -0.3 is 14.5 Å². The van der Waals surface area contributed by atoms with Gasteiger partial charge in [0.05, 0.1) is 26.9 Å². The van der Waals surface area contributed by atoms with E-state index in [1.54, 1.807) is 12.1 Å². The Labute approximate surface area is 190 Å². The molecule has 0 radical (unpaired) electrons. The molecule has 1 saturated heterocycles. The zero-order chi connectivity index (χ0) is 21.6. The number of likely N-dealkylation sites (N-methyl/N-ethyl adjacent to an activating group) is 1. The zero-order valence-corrected chi connectivity index (χ0v) is 20.0. The van der Waals surface area contributed by atoms with Crippen molar-refractivity contribution < 1.29 is 21.9 Å². The third-order valence-corrected chi connectivity index (χ3v) is 8.24. The topological polar surface area (TPSA) is 61.9 Å². The van der Waals surface area contributed by atoms with E-state index in [9.17, 15) is 17.2 Å². The molecule has 2 heterocycles. The molecule has 0 spiro atoms. The van der Waals surface area contributed by atoms with Crippen LogP contribution in [0.15, 0.2) is 32.0 Å². The van der Waals surface area contributed by atoms with Gasteiger partial charge in [0.15, 0.2) is 5.82 Å². The molecular weight excluding hydrogens is 548 g/mol. The van der Waals surface area contributed by atoms with Crippen LogP contribution in [0.25, 0.3) is 0 Å². The van der Waals surface area contributed by atoms with Crippen LogP contribution in [0.5, 0.6) is 5.75 Å². The summed E-state index contributed by atoms with van der Waals surface area (Å²) in [6.45, 7) is 3.82. The summed E-state index contributed by atoms with van der Waals surface area (Å²) >= 11 is 5.72. The van der Waals surface area contributed by atoms with Crippen molar-refractivity contribution in [2.24, 2.45) is 0 Å². The van der Waals surface area contributed by atoms with Crippen molar-refractivity contribution in [2.45, 2.75) is 11.3 Å². The molecule has 30 heavy (non-hydrogen) atoms. The number of piperazine rings is 1. The van der Waals surface area contributed by atoms with Gasteiger partial charge in [0.25, 0.3) is 10.0 Å². The average molecular weight is 567 g/mol. The van der Waals surface area contributed by atoms with Crippen LogP contribution in [0.1, 0.15) is 5.56 Å². The summed E-state index contributed by atoms with van der Waals surface area (Å²) in [5, 5.41) is 0. The molecule has 4 rings (SSSR count). The van der Waals surface area contributed by atoms with E-state index in [2.05, 4.69) is 46.4 Å². The van der Waals surface area contributed by atoms with Gasteiger partial charge in [0, 0.05) is 38.2 Å². The maximum atomic E-state index is 14.6. The standard InChI is InChI=1S/C19H19Br2F2N3O3S/c1-25-3-5-26(6-4-25)15-9-12(8-11-2-7-29-18(11)15)24-30(27,28)19-16(21)14(22)10-13(20)17(19)23/h8-10,24H,2-7H2,1H3. The number of ether oxygens (including phenoxy) is 1. The number of nitrogens with one attached hydrogen (secondary N) is 1. The molecular formula is C19H19Br2F2N3O3S. The minimum atomic E-state index is -4.40. The fraction of sp³-hybridized carbons (Fsp3) is 0.368. The number of hydrogen-bond donors (Lipinski definition) is 1. The van der Waals surface area contributed by atoms with Gasteiger partial charge in [-0.3, -0.25) is 4.72 Å². The van der Waals surface area contributed by atoms with E-state index >= 15 is 0 Å². The SMILES string of the molecule is CN1CCN(c2cc(NS(=O)(=O)c3c(F)c(Br)cc(F)c3Br)cc3c2OCC3)CC1. The maximum Gasteiger partial charge on any atom is 0.266 e. The first-order valence-corrected chi connectivity index (χ1v) is 12.3. The molecule has 2 aliphatic heterocycles. The van der Waals surface area contributed by atoms with E-state index in [4.69, 9.17) is 4.74 Å². The molecule has 0 amide bonds. The molecule has 1 fully saturated rings. The second kappa shape index (κ2) is 8.25. The van der Waals surface area contributed by atoms with E-state index in [0.717, 1.165) is 49.2 Å². The summed E-state index contributed by atoms with van der Waals surface area (Å²) in [5.74, 6) is -1.20. The molecule has 0 bridgehead atoms. The predicted octanol–water partition coefficient (Wildman–Crippen LogP) is 3.98. The van der Waals surface area contributed by atoms with Crippen molar-refractivity contribution >= 4 is 53.3 Å².